The predicted octanol–water partition coefficient (Wildman–Crippen LogP) is 4.20. The van der Waals surface area contributed by atoms with Crippen molar-refractivity contribution in [2.24, 2.45) is 17.8 Å². The van der Waals surface area contributed by atoms with Gasteiger partial charge in [-0.3, -0.25) is 24.1 Å². The van der Waals surface area contributed by atoms with Crippen LogP contribution in [0.4, 0.5) is 5.13 Å². The summed E-state index contributed by atoms with van der Waals surface area (Å²) in [5.74, 6) is -0.559. The number of likely N-dealkylation sites (N-methyl/N-ethyl adjacent to an activating group) is 2. The van der Waals surface area contributed by atoms with Crippen LogP contribution in [0.1, 0.15) is 73.6 Å². The number of thiazole rings is 1. The van der Waals surface area contributed by atoms with Crippen molar-refractivity contribution >= 4 is 51.9 Å². The molecule has 0 radical (unpaired) electrons. The van der Waals surface area contributed by atoms with Gasteiger partial charge in [0.15, 0.2) is 5.13 Å². The van der Waals surface area contributed by atoms with Crippen molar-refractivity contribution in [3.05, 3.63) is 11.6 Å². The second-order valence-corrected chi connectivity index (χ2v) is 15.3. The second-order valence-electron chi connectivity index (χ2n) is 13.4. The fraction of sp³-hybridized carbons (Fsp3) is 0.788. The van der Waals surface area contributed by atoms with E-state index in [4.69, 9.17) is 4.74 Å². The van der Waals surface area contributed by atoms with Gasteiger partial charge in [0.2, 0.25) is 23.6 Å². The number of thioether (sulfide) groups is 1. The minimum absolute atomic E-state index is 0.0326. The molecule has 4 amide bonds. The highest BCUT2D eigenvalue weighted by Crippen LogP contribution is 2.29. The SMILES string of the molecule is CCC(C)C(C(CC(=O)N1CCCC1CC(SC)C(=O)Nc1nccs1)OC)N(C)C(=O)C(NC(=O)C(C(C)C)N(C)C)C(C)C. The fourth-order valence-corrected chi connectivity index (χ4v) is 7.78. The number of methoxy groups -OCH3 is 1. The number of carbonyl (C=O) groups excluding carboxylic acids is 4. The Hall–Kier alpha value is -2.22. The van der Waals surface area contributed by atoms with Crippen LogP contribution in [0.15, 0.2) is 11.6 Å². The molecule has 0 saturated carbocycles. The summed E-state index contributed by atoms with van der Waals surface area (Å²) in [5, 5.41) is 8.00. The van der Waals surface area contributed by atoms with E-state index < -0.39 is 12.1 Å². The zero-order valence-corrected chi connectivity index (χ0v) is 31.4. The van der Waals surface area contributed by atoms with Crippen molar-refractivity contribution in [1.29, 1.82) is 0 Å². The highest BCUT2D eigenvalue weighted by molar-refractivity contribution is 7.99. The second kappa shape index (κ2) is 18.9. The molecule has 7 atom stereocenters. The van der Waals surface area contributed by atoms with Crippen LogP contribution in [0.5, 0.6) is 0 Å². The van der Waals surface area contributed by atoms with E-state index in [1.807, 2.05) is 63.2 Å². The molecule has 1 aromatic heterocycles. The lowest BCUT2D eigenvalue weighted by Gasteiger charge is -2.40. The lowest BCUT2D eigenvalue weighted by Crippen LogP contribution is -2.59. The quantitative estimate of drug-likeness (QED) is 0.236. The lowest BCUT2D eigenvalue weighted by molar-refractivity contribution is -0.146. The molecule has 2 heterocycles. The number of nitrogens with zero attached hydrogens (tertiary/aromatic N) is 4. The first-order valence-corrected chi connectivity index (χ1v) is 18.6. The van der Waals surface area contributed by atoms with Crippen LogP contribution in [0.25, 0.3) is 0 Å². The molecule has 1 aromatic rings. The van der Waals surface area contributed by atoms with E-state index in [9.17, 15) is 19.2 Å². The highest BCUT2D eigenvalue weighted by Gasteiger charge is 2.40. The molecule has 0 spiro atoms. The summed E-state index contributed by atoms with van der Waals surface area (Å²) >= 11 is 2.85. The first-order chi connectivity index (χ1) is 21.7. The molecule has 1 fully saturated rings. The summed E-state index contributed by atoms with van der Waals surface area (Å²) in [6.07, 6.45) is 6.17. The number of likely N-dealkylation sites (tertiary alicyclic amines) is 1. The summed E-state index contributed by atoms with van der Waals surface area (Å²) in [6, 6.07) is -1.53. The molecule has 0 aliphatic carbocycles. The molecule has 1 aliphatic heterocycles. The molecule has 7 unspecified atom stereocenters. The van der Waals surface area contributed by atoms with Crippen molar-refractivity contribution in [3.8, 4) is 0 Å². The van der Waals surface area contributed by atoms with Crippen molar-refractivity contribution in [2.75, 3.05) is 46.4 Å². The summed E-state index contributed by atoms with van der Waals surface area (Å²) < 4.78 is 5.98. The van der Waals surface area contributed by atoms with Gasteiger partial charge in [-0.05, 0) is 57.4 Å². The zero-order chi connectivity index (χ0) is 34.7. The molecule has 13 heteroatoms. The largest absolute Gasteiger partial charge is 0.379 e. The fourth-order valence-electron chi connectivity index (χ4n) is 6.56. The van der Waals surface area contributed by atoms with Gasteiger partial charge < -0.3 is 25.2 Å². The Morgan fingerprint density at radius 3 is 2.28 bits per heavy atom. The number of ether oxygens (including phenoxy) is 1. The molecule has 11 nitrogen and oxygen atoms in total. The number of rotatable bonds is 18. The van der Waals surface area contributed by atoms with Crippen LogP contribution in [0.2, 0.25) is 0 Å². The normalized spacial score (nSPS) is 19.1. The molecule has 1 aliphatic rings. The predicted molar refractivity (Wildman–Crippen MR) is 188 cm³/mol. The first-order valence-electron chi connectivity index (χ1n) is 16.5. The minimum atomic E-state index is -0.722. The number of amides is 4. The first kappa shape index (κ1) is 40.0. The van der Waals surface area contributed by atoms with E-state index in [-0.39, 0.29) is 71.2 Å². The van der Waals surface area contributed by atoms with E-state index in [2.05, 4.69) is 29.5 Å². The van der Waals surface area contributed by atoms with Crippen LogP contribution in [0.3, 0.4) is 0 Å². The van der Waals surface area contributed by atoms with Gasteiger partial charge in [0.05, 0.1) is 29.9 Å². The van der Waals surface area contributed by atoms with Gasteiger partial charge in [-0.25, -0.2) is 4.98 Å². The van der Waals surface area contributed by atoms with E-state index >= 15 is 0 Å². The van der Waals surface area contributed by atoms with Crippen molar-refractivity contribution < 1.29 is 23.9 Å². The molecule has 46 heavy (non-hydrogen) atoms. The topological polar surface area (TPSA) is 124 Å². The number of carbonyl (C=O) groups is 4. The van der Waals surface area contributed by atoms with Crippen LogP contribution >= 0.6 is 23.1 Å². The molecule has 0 bridgehead atoms. The molecule has 2 rings (SSSR count). The Labute approximate surface area is 284 Å². The Morgan fingerprint density at radius 2 is 1.78 bits per heavy atom. The standard InChI is InChI=1S/C33H58N6O5S2/c1-12-22(6)29(38(9)32(43)27(20(2)3)35-31(42)28(21(4)5)37(7)8)24(44-10)19-26(40)39-16-13-14-23(39)18-25(45-11)30(41)36-33-34-15-17-46-33/h15,17,20-25,27-29H,12-14,16,18-19H2,1-11H3,(H,35,42)(H,34,36,41). The van der Waals surface area contributed by atoms with Crippen molar-refractivity contribution in [1.82, 2.24) is 25.0 Å². The smallest absolute Gasteiger partial charge is 0.245 e. The molecule has 262 valence electrons. The Balaban J connectivity index is 2.22. The highest BCUT2D eigenvalue weighted by atomic mass is 32.2. The van der Waals surface area contributed by atoms with Gasteiger partial charge in [0, 0.05) is 38.3 Å². The van der Waals surface area contributed by atoms with E-state index in [1.54, 1.807) is 25.3 Å². The zero-order valence-electron chi connectivity index (χ0n) is 29.7. The van der Waals surface area contributed by atoms with Crippen LogP contribution in [0, 0.1) is 17.8 Å². The number of hydrogen-bond acceptors (Lipinski definition) is 9. The summed E-state index contributed by atoms with van der Waals surface area (Å²) in [4.78, 5) is 63.9. The van der Waals surface area contributed by atoms with Gasteiger partial charge in [-0.2, -0.15) is 11.8 Å². The summed E-state index contributed by atoms with van der Waals surface area (Å²) in [7, 11) is 7.08. The monoisotopic (exact) mass is 682 g/mol. The van der Waals surface area contributed by atoms with Crippen molar-refractivity contribution in [2.45, 2.75) is 109 Å². The molecule has 2 N–H and O–H groups in total. The maximum atomic E-state index is 14.1. The third kappa shape index (κ3) is 10.6. The van der Waals surface area contributed by atoms with Gasteiger partial charge in [0.25, 0.3) is 0 Å². The number of anilines is 1. The Kier molecular flexibility index (Phi) is 16.5. The number of nitrogens with one attached hydrogen (secondary N) is 2. The van der Waals surface area contributed by atoms with E-state index in [0.29, 0.717) is 18.1 Å². The maximum absolute atomic E-state index is 14.1. The third-order valence-corrected chi connectivity index (χ3v) is 10.9. The van der Waals surface area contributed by atoms with Gasteiger partial charge in [0.1, 0.15) is 6.04 Å². The molecular weight excluding hydrogens is 625 g/mol. The Morgan fingerprint density at radius 1 is 1.11 bits per heavy atom. The lowest BCUT2D eigenvalue weighted by atomic mass is 9.89. The van der Waals surface area contributed by atoms with Gasteiger partial charge in [-0.1, -0.05) is 48.0 Å². The molecule has 0 aromatic carbocycles. The average Bonchev–Trinajstić information content (AvgIpc) is 3.69. The maximum Gasteiger partial charge on any atom is 0.245 e. The third-order valence-electron chi connectivity index (χ3n) is 9.19. The van der Waals surface area contributed by atoms with E-state index in [0.717, 1.165) is 19.3 Å². The van der Waals surface area contributed by atoms with Gasteiger partial charge >= 0.3 is 0 Å². The van der Waals surface area contributed by atoms with Crippen molar-refractivity contribution in [3.63, 3.8) is 0 Å². The summed E-state index contributed by atoms with van der Waals surface area (Å²) in [6.45, 7) is 12.6. The summed E-state index contributed by atoms with van der Waals surface area (Å²) in [5.41, 5.74) is 0. The average molecular weight is 683 g/mol. The van der Waals surface area contributed by atoms with Crippen LogP contribution < -0.4 is 10.6 Å². The molecular formula is C33H58N6O5S2. The minimum Gasteiger partial charge on any atom is -0.379 e. The van der Waals surface area contributed by atoms with Crippen LogP contribution in [-0.4, -0.2) is 120 Å². The molecule has 1 saturated heterocycles. The number of hydrogen-bond donors (Lipinski definition) is 2. The van der Waals surface area contributed by atoms with Gasteiger partial charge in [-0.15, -0.1) is 11.3 Å². The van der Waals surface area contributed by atoms with Crippen LogP contribution in [-0.2, 0) is 23.9 Å². The Bertz CT molecular complexity index is 1110. The van der Waals surface area contributed by atoms with E-state index in [1.165, 1.54) is 23.1 Å². The number of aromatic nitrogens is 1.